The normalized spacial score (nSPS) is 10.3. The molecule has 0 atom stereocenters. The van der Waals surface area contributed by atoms with Crippen LogP contribution in [0.2, 0.25) is 10.0 Å². The molecule has 0 bridgehead atoms. The number of hydrogen-bond donors (Lipinski definition) is 1. The number of rotatable bonds is 2. The van der Waals surface area contributed by atoms with Gasteiger partial charge in [0.25, 0.3) is 5.91 Å². The fraction of sp³-hybridized carbons (Fsp3) is 0.143. The second-order valence-corrected chi connectivity index (χ2v) is 5.02. The van der Waals surface area contributed by atoms with Gasteiger partial charge in [-0.25, -0.2) is 4.98 Å². The molecular weight excluding hydrogens is 283 g/mol. The summed E-state index contributed by atoms with van der Waals surface area (Å²) in [6.07, 6.45) is 1.56. The maximum absolute atomic E-state index is 12.2. The number of carbonyl (C=O) groups is 1. The molecule has 0 saturated carbocycles. The molecule has 1 aromatic carbocycles. The minimum absolute atomic E-state index is 0.323. The van der Waals surface area contributed by atoms with Crippen molar-refractivity contribution in [2.45, 2.75) is 13.8 Å². The first-order chi connectivity index (χ1) is 8.99. The Morgan fingerprint density at radius 1 is 1.16 bits per heavy atom. The fourth-order valence-corrected chi connectivity index (χ4v) is 2.08. The van der Waals surface area contributed by atoms with Crippen molar-refractivity contribution in [1.82, 2.24) is 4.98 Å². The predicted octanol–water partition coefficient (Wildman–Crippen LogP) is 4.26. The first-order valence-electron chi connectivity index (χ1n) is 5.67. The molecule has 2 rings (SSSR count). The van der Waals surface area contributed by atoms with Crippen LogP contribution in [0.25, 0.3) is 0 Å². The second kappa shape index (κ2) is 5.59. The van der Waals surface area contributed by atoms with Gasteiger partial charge in [-0.3, -0.25) is 4.79 Å². The van der Waals surface area contributed by atoms with Crippen molar-refractivity contribution in [1.29, 1.82) is 0 Å². The SMILES string of the molecule is Cc1cc(Cl)c(C(=O)Nc2ncccc2Cl)cc1C. The molecule has 1 amide bonds. The number of benzene rings is 1. The highest BCUT2D eigenvalue weighted by molar-refractivity contribution is 6.35. The molecule has 3 nitrogen and oxygen atoms in total. The average molecular weight is 295 g/mol. The third-order valence-corrected chi connectivity index (χ3v) is 3.44. The van der Waals surface area contributed by atoms with Crippen LogP contribution in [0.1, 0.15) is 21.5 Å². The minimum Gasteiger partial charge on any atom is -0.305 e. The van der Waals surface area contributed by atoms with E-state index in [0.29, 0.717) is 21.4 Å². The van der Waals surface area contributed by atoms with E-state index in [9.17, 15) is 4.79 Å². The molecule has 1 N–H and O–H groups in total. The number of carbonyl (C=O) groups excluding carboxylic acids is 1. The molecule has 98 valence electrons. The van der Waals surface area contributed by atoms with Crippen LogP contribution in [0.3, 0.4) is 0 Å². The Kier molecular flexibility index (Phi) is 4.08. The molecule has 0 spiro atoms. The van der Waals surface area contributed by atoms with Gasteiger partial charge >= 0.3 is 0 Å². The number of pyridine rings is 1. The van der Waals surface area contributed by atoms with Crippen molar-refractivity contribution in [3.63, 3.8) is 0 Å². The van der Waals surface area contributed by atoms with Gasteiger partial charge in [0, 0.05) is 6.20 Å². The van der Waals surface area contributed by atoms with Crippen LogP contribution in [0.15, 0.2) is 30.5 Å². The van der Waals surface area contributed by atoms with E-state index >= 15 is 0 Å². The third-order valence-electron chi connectivity index (χ3n) is 2.82. The van der Waals surface area contributed by atoms with Crippen LogP contribution < -0.4 is 5.32 Å². The topological polar surface area (TPSA) is 42.0 Å². The predicted molar refractivity (Wildman–Crippen MR) is 78.1 cm³/mol. The van der Waals surface area contributed by atoms with E-state index in [4.69, 9.17) is 23.2 Å². The number of anilines is 1. The standard InChI is InChI=1S/C14H12Cl2N2O/c1-8-6-10(12(16)7-9(8)2)14(19)18-13-11(15)4-3-5-17-13/h3-7H,1-2H3,(H,17,18,19). The molecule has 0 radical (unpaired) electrons. The van der Waals surface area contributed by atoms with Gasteiger partial charge in [0.15, 0.2) is 5.82 Å². The molecule has 0 saturated heterocycles. The van der Waals surface area contributed by atoms with Gasteiger partial charge in [0.05, 0.1) is 15.6 Å². The quantitative estimate of drug-likeness (QED) is 0.899. The van der Waals surface area contributed by atoms with E-state index in [1.54, 1.807) is 30.5 Å². The lowest BCUT2D eigenvalue weighted by molar-refractivity contribution is 0.102. The van der Waals surface area contributed by atoms with E-state index in [2.05, 4.69) is 10.3 Å². The highest BCUT2D eigenvalue weighted by atomic mass is 35.5. The smallest absolute Gasteiger partial charge is 0.258 e. The molecule has 0 aliphatic carbocycles. The van der Waals surface area contributed by atoms with Gasteiger partial charge in [-0.05, 0) is 49.2 Å². The Bertz CT molecular complexity index is 641. The van der Waals surface area contributed by atoms with E-state index in [1.165, 1.54) is 0 Å². The number of hydrogen-bond acceptors (Lipinski definition) is 2. The Morgan fingerprint density at radius 3 is 2.53 bits per heavy atom. The van der Waals surface area contributed by atoms with E-state index in [0.717, 1.165) is 11.1 Å². The Labute approximate surface area is 121 Å². The van der Waals surface area contributed by atoms with Crippen molar-refractivity contribution in [3.05, 3.63) is 57.2 Å². The Morgan fingerprint density at radius 2 is 1.84 bits per heavy atom. The Hall–Kier alpha value is -1.58. The summed E-state index contributed by atoms with van der Waals surface area (Å²) in [6.45, 7) is 3.87. The van der Waals surface area contributed by atoms with Crippen molar-refractivity contribution in [3.8, 4) is 0 Å². The summed E-state index contributed by atoms with van der Waals surface area (Å²) in [4.78, 5) is 16.2. The summed E-state index contributed by atoms with van der Waals surface area (Å²) in [5, 5.41) is 3.44. The molecule has 0 aliphatic heterocycles. The molecular formula is C14H12Cl2N2O. The number of aryl methyl sites for hydroxylation is 2. The largest absolute Gasteiger partial charge is 0.305 e. The molecule has 0 fully saturated rings. The molecule has 0 unspecified atom stereocenters. The minimum atomic E-state index is -0.325. The number of amides is 1. The highest BCUT2D eigenvalue weighted by Crippen LogP contribution is 2.23. The summed E-state index contributed by atoms with van der Waals surface area (Å²) in [5.74, 6) is -0.00263. The molecule has 1 aromatic heterocycles. The number of halogens is 2. The van der Waals surface area contributed by atoms with Crippen molar-refractivity contribution in [2.24, 2.45) is 0 Å². The van der Waals surface area contributed by atoms with Gasteiger partial charge < -0.3 is 5.32 Å². The van der Waals surface area contributed by atoms with Gasteiger partial charge in [0.1, 0.15) is 0 Å². The van der Waals surface area contributed by atoms with Crippen molar-refractivity contribution >= 4 is 34.9 Å². The zero-order valence-electron chi connectivity index (χ0n) is 10.5. The van der Waals surface area contributed by atoms with Crippen LogP contribution >= 0.6 is 23.2 Å². The lowest BCUT2D eigenvalue weighted by Crippen LogP contribution is -2.14. The molecule has 2 aromatic rings. The first kappa shape index (κ1) is 13.8. The van der Waals surface area contributed by atoms with Crippen LogP contribution in [-0.2, 0) is 0 Å². The first-order valence-corrected chi connectivity index (χ1v) is 6.43. The Balaban J connectivity index is 2.31. The molecule has 1 heterocycles. The number of aromatic nitrogens is 1. The average Bonchev–Trinajstić information content (AvgIpc) is 2.36. The molecule has 0 aliphatic rings. The molecule has 19 heavy (non-hydrogen) atoms. The van der Waals surface area contributed by atoms with Crippen LogP contribution in [0, 0.1) is 13.8 Å². The van der Waals surface area contributed by atoms with E-state index in [-0.39, 0.29) is 5.91 Å². The lowest BCUT2D eigenvalue weighted by atomic mass is 10.1. The maximum Gasteiger partial charge on any atom is 0.258 e. The summed E-state index contributed by atoms with van der Waals surface area (Å²) in [7, 11) is 0. The van der Waals surface area contributed by atoms with Gasteiger partial charge in [-0.15, -0.1) is 0 Å². The lowest BCUT2D eigenvalue weighted by Gasteiger charge is -2.09. The third kappa shape index (κ3) is 3.06. The summed E-state index contributed by atoms with van der Waals surface area (Å²) >= 11 is 12.0. The zero-order chi connectivity index (χ0) is 14.0. The van der Waals surface area contributed by atoms with Crippen molar-refractivity contribution < 1.29 is 4.79 Å². The van der Waals surface area contributed by atoms with E-state index < -0.39 is 0 Å². The van der Waals surface area contributed by atoms with Crippen LogP contribution in [-0.4, -0.2) is 10.9 Å². The van der Waals surface area contributed by atoms with Crippen LogP contribution in [0.5, 0.6) is 0 Å². The van der Waals surface area contributed by atoms with Gasteiger partial charge in [-0.2, -0.15) is 0 Å². The molecule has 5 heteroatoms. The maximum atomic E-state index is 12.2. The highest BCUT2D eigenvalue weighted by Gasteiger charge is 2.14. The van der Waals surface area contributed by atoms with Crippen LogP contribution in [0.4, 0.5) is 5.82 Å². The summed E-state index contributed by atoms with van der Waals surface area (Å²) in [6, 6.07) is 6.88. The monoisotopic (exact) mass is 294 g/mol. The van der Waals surface area contributed by atoms with Gasteiger partial charge in [0.2, 0.25) is 0 Å². The summed E-state index contributed by atoms with van der Waals surface area (Å²) in [5.41, 5.74) is 2.45. The van der Waals surface area contributed by atoms with Crippen molar-refractivity contribution in [2.75, 3.05) is 5.32 Å². The number of nitrogens with zero attached hydrogens (tertiary/aromatic N) is 1. The number of nitrogens with one attached hydrogen (secondary N) is 1. The fourth-order valence-electron chi connectivity index (χ4n) is 1.61. The van der Waals surface area contributed by atoms with E-state index in [1.807, 2.05) is 13.8 Å². The zero-order valence-corrected chi connectivity index (χ0v) is 12.0. The van der Waals surface area contributed by atoms with Gasteiger partial charge in [-0.1, -0.05) is 23.2 Å². The summed E-state index contributed by atoms with van der Waals surface area (Å²) < 4.78 is 0. The second-order valence-electron chi connectivity index (χ2n) is 4.20.